The molecule has 0 aromatic rings. The summed E-state index contributed by atoms with van der Waals surface area (Å²) in [6.45, 7) is 8.26. The molecule has 6 nitrogen and oxygen atoms in total. The molecule has 0 atom stereocenters. The third-order valence-electron chi connectivity index (χ3n) is 2.76. The molecule has 0 radical (unpaired) electrons. The second-order valence-corrected chi connectivity index (χ2v) is 6.65. The normalized spacial score (nSPS) is 12.2. The van der Waals surface area contributed by atoms with E-state index in [9.17, 15) is 8.42 Å². The molecule has 0 aliphatic rings. The Balaban J connectivity index is 3.69. The second kappa shape index (κ2) is 12.5. The predicted octanol–water partition coefficient (Wildman–Crippen LogP) is 0.959. The lowest BCUT2D eigenvalue weighted by molar-refractivity contribution is 0.133. The van der Waals surface area contributed by atoms with Crippen molar-refractivity contribution in [3.05, 3.63) is 0 Å². The van der Waals surface area contributed by atoms with Crippen LogP contribution in [0, 0.1) is 0 Å². The summed E-state index contributed by atoms with van der Waals surface area (Å²) in [7, 11) is -1.74. The smallest absolute Gasteiger partial charge is 0.279 e. The molecule has 0 saturated carbocycles. The summed E-state index contributed by atoms with van der Waals surface area (Å²) in [5.74, 6) is 0. The first kappa shape index (κ1) is 19.8. The zero-order valence-corrected chi connectivity index (χ0v) is 14.0. The number of hydrogen-bond donors (Lipinski definition) is 2. The van der Waals surface area contributed by atoms with Crippen LogP contribution in [-0.2, 0) is 14.9 Å². The predicted molar refractivity (Wildman–Crippen MR) is 83.1 cm³/mol. The van der Waals surface area contributed by atoms with Crippen LogP contribution in [0.25, 0.3) is 0 Å². The van der Waals surface area contributed by atoms with Crippen LogP contribution >= 0.6 is 0 Å². The molecule has 0 amide bonds. The van der Waals surface area contributed by atoms with Crippen LogP contribution in [0.3, 0.4) is 0 Å². The molecule has 7 heteroatoms. The number of hydrogen-bond acceptors (Lipinski definition) is 4. The lowest BCUT2D eigenvalue weighted by atomic mass is 10.4. The molecule has 0 aliphatic carbocycles. The molecule has 0 spiro atoms. The van der Waals surface area contributed by atoms with Gasteiger partial charge < -0.3 is 10.1 Å². The Morgan fingerprint density at radius 3 is 2.40 bits per heavy atom. The highest BCUT2D eigenvalue weighted by Gasteiger charge is 2.15. The van der Waals surface area contributed by atoms with Gasteiger partial charge in [0.2, 0.25) is 0 Å². The maximum absolute atomic E-state index is 11.9. The minimum atomic E-state index is -3.35. The van der Waals surface area contributed by atoms with E-state index in [-0.39, 0.29) is 0 Å². The maximum Gasteiger partial charge on any atom is 0.279 e. The van der Waals surface area contributed by atoms with Crippen LogP contribution in [0.2, 0.25) is 0 Å². The Morgan fingerprint density at radius 1 is 1.00 bits per heavy atom. The van der Waals surface area contributed by atoms with Gasteiger partial charge in [0, 0.05) is 33.4 Å². The van der Waals surface area contributed by atoms with Crippen LogP contribution < -0.4 is 10.0 Å². The number of nitrogens with zero attached hydrogens (tertiary/aromatic N) is 1. The van der Waals surface area contributed by atoms with Gasteiger partial charge in [0.05, 0.1) is 0 Å². The van der Waals surface area contributed by atoms with E-state index in [1.165, 1.54) is 4.31 Å². The molecule has 0 heterocycles. The van der Waals surface area contributed by atoms with Crippen molar-refractivity contribution in [1.29, 1.82) is 0 Å². The van der Waals surface area contributed by atoms with Gasteiger partial charge in [-0.05, 0) is 38.8 Å². The van der Waals surface area contributed by atoms with Crippen LogP contribution in [0.15, 0.2) is 0 Å². The van der Waals surface area contributed by atoms with Crippen LogP contribution in [0.5, 0.6) is 0 Å². The minimum Gasteiger partial charge on any atom is -0.381 e. The third kappa shape index (κ3) is 10.6. The van der Waals surface area contributed by atoms with Crippen molar-refractivity contribution >= 4 is 10.2 Å². The van der Waals surface area contributed by atoms with E-state index in [2.05, 4.69) is 17.0 Å². The van der Waals surface area contributed by atoms with Crippen molar-refractivity contribution in [2.75, 3.05) is 46.4 Å². The zero-order chi connectivity index (χ0) is 15.3. The van der Waals surface area contributed by atoms with Crippen molar-refractivity contribution in [3.8, 4) is 0 Å². The lowest BCUT2D eigenvalue weighted by Gasteiger charge is -2.17. The fraction of sp³-hybridized carbons (Fsp3) is 1.00. The van der Waals surface area contributed by atoms with Gasteiger partial charge in [-0.25, -0.2) is 4.72 Å². The monoisotopic (exact) mass is 309 g/mol. The van der Waals surface area contributed by atoms with E-state index in [1.807, 2.05) is 6.92 Å². The fourth-order valence-electron chi connectivity index (χ4n) is 1.58. The van der Waals surface area contributed by atoms with E-state index in [0.29, 0.717) is 26.1 Å². The van der Waals surface area contributed by atoms with E-state index >= 15 is 0 Å². The van der Waals surface area contributed by atoms with Crippen molar-refractivity contribution in [3.63, 3.8) is 0 Å². The Hall–Kier alpha value is -0.210. The van der Waals surface area contributed by atoms with Crippen molar-refractivity contribution in [1.82, 2.24) is 14.3 Å². The Labute approximate surface area is 124 Å². The summed E-state index contributed by atoms with van der Waals surface area (Å²) in [6.07, 6.45) is 3.60. The summed E-state index contributed by atoms with van der Waals surface area (Å²) < 4.78 is 33.0. The van der Waals surface area contributed by atoms with E-state index in [4.69, 9.17) is 4.74 Å². The maximum atomic E-state index is 11.9. The van der Waals surface area contributed by atoms with Crippen LogP contribution in [0.1, 0.15) is 39.5 Å². The molecule has 0 aromatic carbocycles. The van der Waals surface area contributed by atoms with Gasteiger partial charge in [0.1, 0.15) is 0 Å². The zero-order valence-electron chi connectivity index (χ0n) is 13.2. The van der Waals surface area contributed by atoms with Gasteiger partial charge in [-0.2, -0.15) is 12.7 Å². The first-order valence-electron chi connectivity index (χ1n) is 7.54. The highest BCUT2D eigenvalue weighted by Crippen LogP contribution is 1.96. The average molecular weight is 309 g/mol. The van der Waals surface area contributed by atoms with Crippen molar-refractivity contribution in [2.45, 2.75) is 39.5 Å². The molecular weight excluding hydrogens is 278 g/mol. The first-order chi connectivity index (χ1) is 9.54. The molecule has 0 saturated heterocycles. The fourth-order valence-corrected chi connectivity index (χ4v) is 2.57. The third-order valence-corrected chi connectivity index (χ3v) is 4.33. The summed E-state index contributed by atoms with van der Waals surface area (Å²) in [4.78, 5) is 0. The topological polar surface area (TPSA) is 70.7 Å². The quantitative estimate of drug-likeness (QED) is 0.469. The van der Waals surface area contributed by atoms with Gasteiger partial charge in [0.25, 0.3) is 10.2 Å². The largest absolute Gasteiger partial charge is 0.381 e. The van der Waals surface area contributed by atoms with Crippen LogP contribution in [-0.4, -0.2) is 59.2 Å². The summed E-state index contributed by atoms with van der Waals surface area (Å²) >= 11 is 0. The molecule has 122 valence electrons. The standard InChI is InChI=1S/C13H31N3O3S/c1-4-8-14-9-6-11-16(3)20(17,18)15-10-7-13-19-12-5-2/h14-15H,4-13H2,1-3H3. The van der Waals surface area contributed by atoms with E-state index < -0.39 is 10.2 Å². The van der Waals surface area contributed by atoms with Crippen molar-refractivity contribution in [2.24, 2.45) is 0 Å². The molecule has 0 aromatic heterocycles. The molecule has 20 heavy (non-hydrogen) atoms. The molecule has 0 aliphatic heterocycles. The van der Waals surface area contributed by atoms with E-state index in [0.717, 1.165) is 39.0 Å². The first-order valence-corrected chi connectivity index (χ1v) is 8.98. The molecule has 0 unspecified atom stereocenters. The number of rotatable bonds is 14. The highest BCUT2D eigenvalue weighted by molar-refractivity contribution is 7.87. The minimum absolute atomic E-state index is 0.421. The van der Waals surface area contributed by atoms with Gasteiger partial charge in [0.15, 0.2) is 0 Å². The van der Waals surface area contributed by atoms with Gasteiger partial charge in [-0.1, -0.05) is 13.8 Å². The molecular formula is C13H31N3O3S. The average Bonchev–Trinajstić information content (AvgIpc) is 2.42. The summed E-state index contributed by atoms with van der Waals surface area (Å²) in [5.41, 5.74) is 0. The Bertz CT molecular complexity index is 310. The Kier molecular flexibility index (Phi) is 12.4. The molecule has 0 fully saturated rings. The summed E-state index contributed by atoms with van der Waals surface area (Å²) in [6, 6.07) is 0. The van der Waals surface area contributed by atoms with Crippen LogP contribution in [0.4, 0.5) is 0 Å². The Morgan fingerprint density at radius 2 is 1.75 bits per heavy atom. The van der Waals surface area contributed by atoms with Crippen molar-refractivity contribution < 1.29 is 13.2 Å². The van der Waals surface area contributed by atoms with Gasteiger partial charge in [-0.3, -0.25) is 0 Å². The van der Waals surface area contributed by atoms with Gasteiger partial charge >= 0.3 is 0 Å². The highest BCUT2D eigenvalue weighted by atomic mass is 32.2. The SMILES string of the molecule is CCCNCCCN(C)S(=O)(=O)NCCCOCCC. The second-order valence-electron chi connectivity index (χ2n) is 4.79. The molecule has 0 rings (SSSR count). The summed E-state index contributed by atoms with van der Waals surface area (Å²) in [5, 5.41) is 3.26. The van der Waals surface area contributed by atoms with Gasteiger partial charge in [-0.15, -0.1) is 0 Å². The lowest BCUT2D eigenvalue weighted by Crippen LogP contribution is -2.40. The number of ether oxygens (including phenoxy) is 1. The molecule has 2 N–H and O–H groups in total. The molecule has 0 bridgehead atoms. The van der Waals surface area contributed by atoms with E-state index in [1.54, 1.807) is 7.05 Å². The number of nitrogens with one attached hydrogen (secondary N) is 2.